The summed E-state index contributed by atoms with van der Waals surface area (Å²) in [4.78, 5) is 11.6. The van der Waals surface area contributed by atoms with Crippen molar-refractivity contribution in [2.24, 2.45) is 0 Å². The number of carbonyl (C=O) groups excluding carboxylic acids is 1. The fourth-order valence-corrected chi connectivity index (χ4v) is 3.06. The van der Waals surface area contributed by atoms with Gasteiger partial charge in [0.2, 0.25) is 5.91 Å². The number of aliphatic hydroxyl groups is 1. The molecule has 0 saturated carbocycles. The molecule has 0 radical (unpaired) electrons. The Balaban J connectivity index is 3.15. The highest BCUT2D eigenvalue weighted by Crippen LogP contribution is 2.13. The minimum atomic E-state index is -0.815. The van der Waals surface area contributed by atoms with Crippen molar-refractivity contribution in [3.63, 3.8) is 0 Å². The molecule has 0 aromatic rings. The van der Waals surface area contributed by atoms with Gasteiger partial charge in [0.15, 0.2) is 0 Å². The molecule has 0 heterocycles. The van der Waals surface area contributed by atoms with Crippen LogP contribution in [0.25, 0.3) is 0 Å². The van der Waals surface area contributed by atoms with E-state index in [0.29, 0.717) is 13.0 Å². The Bertz CT molecular complexity index is 297. The van der Waals surface area contributed by atoms with Crippen LogP contribution in [0, 0.1) is 0 Å². The van der Waals surface area contributed by atoms with E-state index in [-0.39, 0.29) is 5.91 Å². The van der Waals surface area contributed by atoms with Crippen LogP contribution < -0.4 is 5.32 Å². The first-order valence-corrected chi connectivity index (χ1v) is 10.9. The van der Waals surface area contributed by atoms with Crippen molar-refractivity contribution in [2.45, 2.75) is 129 Å². The molecule has 0 bridgehead atoms. The maximum absolute atomic E-state index is 11.6. The predicted octanol–water partition coefficient (Wildman–Crippen LogP) is 6.14. The minimum Gasteiger partial charge on any atom is -0.389 e. The molecule has 3 heteroatoms. The second-order valence-corrected chi connectivity index (χ2v) is 8.29. The third kappa shape index (κ3) is 21.4. The van der Waals surface area contributed by atoms with Gasteiger partial charge in [0, 0.05) is 13.0 Å². The summed E-state index contributed by atoms with van der Waals surface area (Å²) < 4.78 is 0. The number of hydrogen-bond donors (Lipinski definition) is 2. The Morgan fingerprint density at radius 2 is 1.08 bits per heavy atom. The van der Waals surface area contributed by atoms with Crippen LogP contribution in [-0.4, -0.2) is 23.2 Å². The largest absolute Gasteiger partial charge is 0.389 e. The molecule has 2 N–H and O–H groups in total. The molecule has 0 aliphatic carbocycles. The molecule has 0 spiro atoms. The highest BCUT2D eigenvalue weighted by Gasteiger charge is 2.13. The van der Waals surface area contributed by atoms with Gasteiger partial charge in [-0.1, -0.05) is 96.8 Å². The molecule has 0 aliphatic heterocycles. The summed E-state index contributed by atoms with van der Waals surface area (Å²) in [5, 5.41) is 12.3. The molecule has 0 aliphatic rings. The van der Waals surface area contributed by atoms with Crippen LogP contribution in [0.2, 0.25) is 0 Å². The molecule has 0 atom stereocenters. The fraction of sp³-hybridized carbons (Fsp3) is 0.955. The van der Waals surface area contributed by atoms with E-state index in [9.17, 15) is 9.90 Å². The first-order valence-electron chi connectivity index (χ1n) is 10.9. The van der Waals surface area contributed by atoms with Crippen LogP contribution in [0.15, 0.2) is 0 Å². The zero-order valence-corrected chi connectivity index (χ0v) is 17.4. The van der Waals surface area contributed by atoms with Crippen molar-refractivity contribution in [1.82, 2.24) is 5.32 Å². The molecule has 1 amide bonds. The quantitative estimate of drug-likeness (QED) is 0.290. The highest BCUT2D eigenvalue weighted by molar-refractivity contribution is 5.75. The van der Waals surface area contributed by atoms with Gasteiger partial charge >= 0.3 is 0 Å². The van der Waals surface area contributed by atoms with Crippen molar-refractivity contribution >= 4 is 5.91 Å². The van der Waals surface area contributed by atoms with Gasteiger partial charge in [-0.25, -0.2) is 0 Å². The van der Waals surface area contributed by atoms with Gasteiger partial charge in [0.1, 0.15) is 0 Å². The maximum Gasteiger partial charge on any atom is 0.220 e. The fourth-order valence-electron chi connectivity index (χ4n) is 3.06. The Hall–Kier alpha value is -0.570. The number of hydrogen-bond acceptors (Lipinski definition) is 2. The molecule has 25 heavy (non-hydrogen) atoms. The summed E-state index contributed by atoms with van der Waals surface area (Å²) in [6.45, 7) is 6.03. The first-order chi connectivity index (χ1) is 12.0. The smallest absolute Gasteiger partial charge is 0.220 e. The SMILES string of the molecule is CCCCCCCCCCCCCCCCCC(=O)NCC(C)(C)O. The lowest BCUT2D eigenvalue weighted by molar-refractivity contribution is -0.122. The van der Waals surface area contributed by atoms with E-state index in [1.807, 2.05) is 0 Å². The molecular weight excluding hydrogens is 310 g/mol. The molecule has 0 fully saturated rings. The molecule has 3 nitrogen and oxygen atoms in total. The van der Waals surface area contributed by atoms with Crippen LogP contribution in [0.4, 0.5) is 0 Å². The van der Waals surface area contributed by atoms with Crippen molar-refractivity contribution < 1.29 is 9.90 Å². The summed E-state index contributed by atoms with van der Waals surface area (Å²) in [5.74, 6) is 0.0665. The average molecular weight is 356 g/mol. The Morgan fingerprint density at radius 3 is 1.44 bits per heavy atom. The number of carbonyl (C=O) groups is 1. The lowest BCUT2D eigenvalue weighted by Crippen LogP contribution is -2.38. The lowest BCUT2D eigenvalue weighted by Gasteiger charge is -2.17. The highest BCUT2D eigenvalue weighted by atomic mass is 16.3. The van der Waals surface area contributed by atoms with Crippen molar-refractivity contribution in [3.05, 3.63) is 0 Å². The van der Waals surface area contributed by atoms with Crippen molar-refractivity contribution in [1.29, 1.82) is 0 Å². The molecule has 0 rings (SSSR count). The lowest BCUT2D eigenvalue weighted by atomic mass is 10.0. The maximum atomic E-state index is 11.6. The van der Waals surface area contributed by atoms with Gasteiger partial charge in [-0.2, -0.15) is 0 Å². The van der Waals surface area contributed by atoms with E-state index < -0.39 is 5.60 Å². The van der Waals surface area contributed by atoms with Gasteiger partial charge in [0.25, 0.3) is 0 Å². The van der Waals surface area contributed by atoms with Crippen LogP contribution in [0.3, 0.4) is 0 Å². The standard InChI is InChI=1S/C22H45NO2/c1-4-5-6-7-8-9-10-11-12-13-14-15-16-17-18-19-21(24)23-20-22(2,3)25/h25H,4-20H2,1-3H3,(H,23,24). The summed E-state index contributed by atoms with van der Waals surface area (Å²) in [5.41, 5.74) is -0.815. The average Bonchev–Trinajstić information content (AvgIpc) is 2.56. The zero-order chi connectivity index (χ0) is 18.8. The van der Waals surface area contributed by atoms with Crippen LogP contribution in [-0.2, 0) is 4.79 Å². The summed E-state index contributed by atoms with van der Waals surface area (Å²) >= 11 is 0. The Labute approximate surface area is 157 Å². The van der Waals surface area contributed by atoms with Crippen molar-refractivity contribution in [3.8, 4) is 0 Å². The number of nitrogens with one attached hydrogen (secondary N) is 1. The Morgan fingerprint density at radius 1 is 0.720 bits per heavy atom. The van der Waals surface area contributed by atoms with E-state index in [2.05, 4.69) is 12.2 Å². The third-order valence-electron chi connectivity index (χ3n) is 4.73. The summed E-state index contributed by atoms with van der Waals surface area (Å²) in [6.07, 6.45) is 20.7. The van der Waals surface area contributed by atoms with Crippen LogP contribution >= 0.6 is 0 Å². The first kappa shape index (κ1) is 24.4. The van der Waals surface area contributed by atoms with Crippen molar-refractivity contribution in [2.75, 3.05) is 6.54 Å². The molecule has 0 saturated heterocycles. The second-order valence-electron chi connectivity index (χ2n) is 8.29. The van der Waals surface area contributed by atoms with E-state index in [0.717, 1.165) is 12.8 Å². The van der Waals surface area contributed by atoms with Gasteiger partial charge in [0.05, 0.1) is 5.60 Å². The molecular formula is C22H45NO2. The van der Waals surface area contributed by atoms with Gasteiger partial charge in [-0.3, -0.25) is 4.79 Å². The number of amides is 1. The molecule has 150 valence electrons. The predicted molar refractivity (Wildman–Crippen MR) is 109 cm³/mol. The molecule has 0 aromatic heterocycles. The minimum absolute atomic E-state index is 0.0665. The van der Waals surface area contributed by atoms with Gasteiger partial charge in [-0.15, -0.1) is 0 Å². The van der Waals surface area contributed by atoms with Gasteiger partial charge in [-0.05, 0) is 20.3 Å². The topological polar surface area (TPSA) is 49.3 Å². The normalized spacial score (nSPS) is 11.7. The second kappa shape index (κ2) is 16.9. The molecule has 0 unspecified atom stereocenters. The van der Waals surface area contributed by atoms with E-state index in [1.165, 1.54) is 83.5 Å². The van der Waals surface area contributed by atoms with E-state index >= 15 is 0 Å². The zero-order valence-electron chi connectivity index (χ0n) is 17.4. The third-order valence-corrected chi connectivity index (χ3v) is 4.73. The summed E-state index contributed by atoms with van der Waals surface area (Å²) in [7, 11) is 0. The van der Waals surface area contributed by atoms with Crippen LogP contribution in [0.5, 0.6) is 0 Å². The number of rotatable bonds is 18. The monoisotopic (exact) mass is 355 g/mol. The summed E-state index contributed by atoms with van der Waals surface area (Å²) in [6, 6.07) is 0. The van der Waals surface area contributed by atoms with E-state index in [4.69, 9.17) is 0 Å². The van der Waals surface area contributed by atoms with Gasteiger partial charge < -0.3 is 10.4 Å². The van der Waals surface area contributed by atoms with E-state index in [1.54, 1.807) is 13.8 Å². The number of unbranched alkanes of at least 4 members (excludes halogenated alkanes) is 14. The molecule has 0 aromatic carbocycles. The van der Waals surface area contributed by atoms with Crippen LogP contribution in [0.1, 0.15) is 124 Å². The Kier molecular flexibility index (Phi) is 16.5.